The van der Waals surface area contributed by atoms with Crippen molar-refractivity contribution in [3.05, 3.63) is 29.0 Å². The highest BCUT2D eigenvalue weighted by molar-refractivity contribution is 6.32. The van der Waals surface area contributed by atoms with Crippen LogP contribution in [0.15, 0.2) is 18.2 Å². The molecule has 1 aromatic carbocycles. The Hall–Kier alpha value is -0.840. The second-order valence-corrected chi connectivity index (χ2v) is 5.89. The van der Waals surface area contributed by atoms with Crippen LogP contribution in [-0.4, -0.2) is 37.2 Å². The number of halogens is 2. The third-order valence-electron chi connectivity index (χ3n) is 3.84. The number of nitrogens with two attached hydrogens (primary N) is 1. The maximum atomic E-state index is 12.9. The lowest BCUT2D eigenvalue weighted by Crippen LogP contribution is -2.43. The predicted molar refractivity (Wildman–Crippen MR) is 79.7 cm³/mol. The Labute approximate surface area is 124 Å². The molecule has 2 rings (SSSR count). The molecule has 1 aliphatic heterocycles. The molecule has 0 spiro atoms. The molecule has 1 saturated heterocycles. The average molecular weight is 301 g/mol. The Morgan fingerprint density at radius 1 is 1.55 bits per heavy atom. The molecule has 3 nitrogen and oxygen atoms in total. The van der Waals surface area contributed by atoms with Gasteiger partial charge in [0.25, 0.3) is 0 Å². The van der Waals surface area contributed by atoms with Gasteiger partial charge in [0.15, 0.2) is 0 Å². The summed E-state index contributed by atoms with van der Waals surface area (Å²) in [7, 11) is 0. The molecule has 0 amide bonds. The number of hydrogen-bond donors (Lipinski definition) is 1. The quantitative estimate of drug-likeness (QED) is 0.909. The minimum Gasteiger partial charge on any atom is -0.491 e. The van der Waals surface area contributed by atoms with Crippen molar-refractivity contribution in [1.82, 2.24) is 4.90 Å². The zero-order valence-corrected chi connectivity index (χ0v) is 12.6. The van der Waals surface area contributed by atoms with Gasteiger partial charge in [-0.2, -0.15) is 0 Å². The summed E-state index contributed by atoms with van der Waals surface area (Å²) >= 11 is 5.92. The van der Waals surface area contributed by atoms with Crippen LogP contribution >= 0.6 is 11.6 Å². The Kier molecular flexibility index (Phi) is 5.64. The van der Waals surface area contributed by atoms with Crippen LogP contribution in [0.2, 0.25) is 5.02 Å². The molecule has 112 valence electrons. The summed E-state index contributed by atoms with van der Waals surface area (Å²) in [4.78, 5) is 2.37. The topological polar surface area (TPSA) is 38.5 Å². The van der Waals surface area contributed by atoms with Gasteiger partial charge < -0.3 is 10.5 Å². The van der Waals surface area contributed by atoms with Gasteiger partial charge in [-0.05, 0) is 50.4 Å². The molecule has 0 aliphatic carbocycles. The van der Waals surface area contributed by atoms with Crippen LogP contribution in [0.1, 0.15) is 19.8 Å². The summed E-state index contributed by atoms with van der Waals surface area (Å²) in [6.45, 7) is 5.58. The molecule has 1 heterocycles. The van der Waals surface area contributed by atoms with Gasteiger partial charge in [-0.15, -0.1) is 0 Å². The van der Waals surface area contributed by atoms with Gasteiger partial charge in [0, 0.05) is 19.1 Å². The SMILES string of the molecule is CC(N)C1CCCN(CCOc2ccc(F)cc2Cl)C1. The van der Waals surface area contributed by atoms with E-state index in [0.29, 0.717) is 23.3 Å². The van der Waals surface area contributed by atoms with Crippen LogP contribution in [0, 0.1) is 11.7 Å². The monoisotopic (exact) mass is 300 g/mol. The molecule has 0 radical (unpaired) electrons. The largest absolute Gasteiger partial charge is 0.491 e. The van der Waals surface area contributed by atoms with Crippen LogP contribution in [-0.2, 0) is 0 Å². The number of nitrogens with zero attached hydrogens (tertiary/aromatic N) is 1. The van der Waals surface area contributed by atoms with Crippen LogP contribution in [0.3, 0.4) is 0 Å². The van der Waals surface area contributed by atoms with E-state index >= 15 is 0 Å². The predicted octanol–water partition coefficient (Wildman–Crippen LogP) is 2.92. The molecule has 20 heavy (non-hydrogen) atoms. The maximum absolute atomic E-state index is 12.9. The first-order valence-corrected chi connectivity index (χ1v) is 7.50. The van der Waals surface area contributed by atoms with Crippen LogP contribution in [0.5, 0.6) is 5.75 Å². The van der Waals surface area contributed by atoms with Crippen molar-refractivity contribution in [2.45, 2.75) is 25.8 Å². The number of benzene rings is 1. The second-order valence-electron chi connectivity index (χ2n) is 5.49. The molecule has 1 aromatic rings. The van der Waals surface area contributed by atoms with Crippen molar-refractivity contribution in [2.24, 2.45) is 11.7 Å². The van der Waals surface area contributed by atoms with Crippen molar-refractivity contribution in [3.63, 3.8) is 0 Å². The lowest BCUT2D eigenvalue weighted by molar-refractivity contribution is 0.137. The van der Waals surface area contributed by atoms with Gasteiger partial charge in [0.2, 0.25) is 0 Å². The third-order valence-corrected chi connectivity index (χ3v) is 4.14. The van der Waals surface area contributed by atoms with Gasteiger partial charge in [0.05, 0.1) is 5.02 Å². The van der Waals surface area contributed by atoms with Gasteiger partial charge in [-0.1, -0.05) is 11.6 Å². The van der Waals surface area contributed by atoms with Crippen molar-refractivity contribution < 1.29 is 9.13 Å². The molecular formula is C15H22ClFN2O. The standard InChI is InChI=1S/C15H22ClFN2O/c1-11(18)12-3-2-6-19(10-12)7-8-20-15-5-4-13(17)9-14(15)16/h4-5,9,11-12H,2-3,6-8,10,18H2,1H3. The van der Waals surface area contributed by atoms with E-state index in [-0.39, 0.29) is 11.9 Å². The summed E-state index contributed by atoms with van der Waals surface area (Å²) in [6.07, 6.45) is 2.39. The van der Waals surface area contributed by atoms with E-state index in [2.05, 4.69) is 11.8 Å². The second kappa shape index (κ2) is 7.25. The van der Waals surface area contributed by atoms with E-state index in [1.54, 1.807) is 6.07 Å². The highest BCUT2D eigenvalue weighted by Gasteiger charge is 2.22. The number of hydrogen-bond acceptors (Lipinski definition) is 3. The van der Waals surface area contributed by atoms with Crippen LogP contribution in [0.4, 0.5) is 4.39 Å². The zero-order valence-electron chi connectivity index (χ0n) is 11.8. The minimum atomic E-state index is -0.349. The first-order valence-electron chi connectivity index (χ1n) is 7.12. The number of ether oxygens (including phenoxy) is 1. The minimum absolute atomic E-state index is 0.241. The maximum Gasteiger partial charge on any atom is 0.138 e. The zero-order chi connectivity index (χ0) is 14.5. The van der Waals surface area contributed by atoms with E-state index in [1.165, 1.54) is 25.0 Å². The summed E-state index contributed by atoms with van der Waals surface area (Å²) < 4.78 is 18.5. The van der Waals surface area contributed by atoms with Crippen molar-refractivity contribution in [2.75, 3.05) is 26.2 Å². The molecule has 1 fully saturated rings. The highest BCUT2D eigenvalue weighted by Crippen LogP contribution is 2.25. The molecule has 5 heteroatoms. The third kappa shape index (κ3) is 4.33. The van der Waals surface area contributed by atoms with Gasteiger partial charge in [0.1, 0.15) is 18.2 Å². The fourth-order valence-electron chi connectivity index (χ4n) is 2.60. The normalized spacial score (nSPS) is 21.7. The summed E-state index contributed by atoms with van der Waals surface area (Å²) in [5, 5.41) is 0.317. The average Bonchev–Trinajstić information content (AvgIpc) is 2.41. The van der Waals surface area contributed by atoms with E-state index in [1.807, 2.05) is 0 Å². The molecule has 1 aliphatic rings. The molecular weight excluding hydrogens is 279 g/mol. The molecule has 2 unspecified atom stereocenters. The number of rotatable bonds is 5. The van der Waals surface area contributed by atoms with E-state index < -0.39 is 0 Å². The Morgan fingerprint density at radius 2 is 2.35 bits per heavy atom. The molecule has 0 bridgehead atoms. The summed E-state index contributed by atoms with van der Waals surface area (Å²) in [5.41, 5.74) is 5.97. The highest BCUT2D eigenvalue weighted by atomic mass is 35.5. The van der Waals surface area contributed by atoms with Gasteiger partial charge in [-0.25, -0.2) is 4.39 Å². The Balaban J connectivity index is 1.78. The molecule has 2 atom stereocenters. The molecule has 2 N–H and O–H groups in total. The smallest absolute Gasteiger partial charge is 0.138 e. The summed E-state index contributed by atoms with van der Waals surface area (Å²) in [6, 6.07) is 4.43. The van der Waals surface area contributed by atoms with Crippen LogP contribution in [0.25, 0.3) is 0 Å². The molecule has 0 saturated carbocycles. The van der Waals surface area contributed by atoms with E-state index in [9.17, 15) is 4.39 Å². The number of piperidine rings is 1. The van der Waals surface area contributed by atoms with E-state index in [4.69, 9.17) is 22.1 Å². The first-order chi connectivity index (χ1) is 9.56. The van der Waals surface area contributed by atoms with Gasteiger partial charge >= 0.3 is 0 Å². The molecule has 0 aromatic heterocycles. The van der Waals surface area contributed by atoms with Crippen molar-refractivity contribution >= 4 is 11.6 Å². The fourth-order valence-corrected chi connectivity index (χ4v) is 2.82. The van der Waals surface area contributed by atoms with Crippen LogP contribution < -0.4 is 10.5 Å². The lowest BCUT2D eigenvalue weighted by atomic mass is 9.92. The first kappa shape index (κ1) is 15.5. The Bertz CT molecular complexity index is 442. The summed E-state index contributed by atoms with van der Waals surface area (Å²) in [5.74, 6) is 0.755. The van der Waals surface area contributed by atoms with E-state index in [0.717, 1.165) is 19.6 Å². The van der Waals surface area contributed by atoms with Gasteiger partial charge in [-0.3, -0.25) is 4.90 Å². The number of likely N-dealkylation sites (tertiary alicyclic amines) is 1. The fraction of sp³-hybridized carbons (Fsp3) is 0.600. The Morgan fingerprint density at radius 3 is 3.05 bits per heavy atom. The lowest BCUT2D eigenvalue weighted by Gasteiger charge is -2.34. The van der Waals surface area contributed by atoms with Crippen molar-refractivity contribution in [1.29, 1.82) is 0 Å². The van der Waals surface area contributed by atoms with Crippen molar-refractivity contribution in [3.8, 4) is 5.75 Å².